The Balaban J connectivity index is 2.73. The smallest absolute Gasteiger partial charge is 0.326 e. The van der Waals surface area contributed by atoms with Gasteiger partial charge in [-0.05, 0) is 24.0 Å². The summed E-state index contributed by atoms with van der Waals surface area (Å²) in [7, 11) is 0. The van der Waals surface area contributed by atoms with Crippen LogP contribution in [0.1, 0.15) is 32.8 Å². The first-order chi connectivity index (χ1) is 9.49. The van der Waals surface area contributed by atoms with Crippen molar-refractivity contribution in [1.82, 2.24) is 5.32 Å². The molecule has 0 saturated heterocycles. The number of nitrogens with one attached hydrogen (secondary N) is 2. The van der Waals surface area contributed by atoms with Crippen molar-refractivity contribution in [2.75, 3.05) is 5.32 Å². The van der Waals surface area contributed by atoms with Gasteiger partial charge in [0.15, 0.2) is 0 Å². The average molecular weight is 278 g/mol. The number of carboxylic acids is 1. The molecule has 1 rings (SSSR count). The number of carbonyl (C=O) groups excluding carboxylic acids is 1. The lowest BCUT2D eigenvalue weighted by Gasteiger charge is -2.20. The van der Waals surface area contributed by atoms with Crippen LogP contribution < -0.4 is 10.6 Å². The largest absolute Gasteiger partial charge is 0.480 e. The molecule has 0 aliphatic heterocycles. The summed E-state index contributed by atoms with van der Waals surface area (Å²) in [5.41, 5.74) is 1.72. The zero-order valence-corrected chi connectivity index (χ0v) is 12.1. The molecule has 1 aromatic rings. The first kappa shape index (κ1) is 16.0. The number of aryl methyl sites for hydroxylation is 1. The second kappa shape index (κ2) is 7.53. The SMILES string of the molecule is CCc1ccccc1NC(=O)N[C@H](C(=O)O)[C@@H](C)CC. The summed E-state index contributed by atoms with van der Waals surface area (Å²) in [6.45, 7) is 5.70. The molecule has 110 valence electrons. The van der Waals surface area contributed by atoms with E-state index in [1.807, 2.05) is 32.0 Å². The molecule has 0 aliphatic carbocycles. The molecule has 5 nitrogen and oxygen atoms in total. The van der Waals surface area contributed by atoms with Crippen LogP contribution in [0.15, 0.2) is 24.3 Å². The van der Waals surface area contributed by atoms with Gasteiger partial charge < -0.3 is 15.7 Å². The number of hydrogen-bond acceptors (Lipinski definition) is 2. The van der Waals surface area contributed by atoms with Gasteiger partial charge in [0.2, 0.25) is 0 Å². The number of amides is 2. The minimum absolute atomic E-state index is 0.125. The van der Waals surface area contributed by atoms with Gasteiger partial charge >= 0.3 is 12.0 Å². The number of aliphatic carboxylic acids is 1. The van der Waals surface area contributed by atoms with E-state index in [1.165, 1.54) is 0 Å². The van der Waals surface area contributed by atoms with E-state index >= 15 is 0 Å². The van der Waals surface area contributed by atoms with Gasteiger partial charge in [0.05, 0.1) is 0 Å². The van der Waals surface area contributed by atoms with E-state index in [0.717, 1.165) is 12.0 Å². The minimum Gasteiger partial charge on any atom is -0.480 e. The zero-order valence-electron chi connectivity index (χ0n) is 12.1. The number of hydrogen-bond donors (Lipinski definition) is 3. The van der Waals surface area contributed by atoms with Crippen LogP contribution in [0.4, 0.5) is 10.5 Å². The molecule has 3 N–H and O–H groups in total. The number of anilines is 1. The summed E-state index contributed by atoms with van der Waals surface area (Å²) in [5, 5.41) is 14.4. The second-order valence-corrected chi connectivity index (χ2v) is 4.81. The van der Waals surface area contributed by atoms with Gasteiger partial charge in [-0.15, -0.1) is 0 Å². The highest BCUT2D eigenvalue weighted by molar-refractivity contribution is 5.92. The van der Waals surface area contributed by atoms with Gasteiger partial charge in [0.25, 0.3) is 0 Å². The van der Waals surface area contributed by atoms with E-state index in [-0.39, 0.29) is 5.92 Å². The third-order valence-electron chi connectivity index (χ3n) is 3.41. The molecule has 2 atom stereocenters. The third-order valence-corrected chi connectivity index (χ3v) is 3.41. The minimum atomic E-state index is -1.02. The predicted octanol–water partition coefficient (Wildman–Crippen LogP) is 2.87. The summed E-state index contributed by atoms with van der Waals surface area (Å²) in [5.74, 6) is -1.14. The van der Waals surface area contributed by atoms with E-state index in [2.05, 4.69) is 10.6 Å². The fraction of sp³-hybridized carbons (Fsp3) is 0.467. The second-order valence-electron chi connectivity index (χ2n) is 4.81. The van der Waals surface area contributed by atoms with Crippen LogP contribution in [-0.2, 0) is 11.2 Å². The predicted molar refractivity (Wildman–Crippen MR) is 78.9 cm³/mol. The van der Waals surface area contributed by atoms with E-state index in [9.17, 15) is 9.59 Å². The molecule has 5 heteroatoms. The van der Waals surface area contributed by atoms with E-state index in [4.69, 9.17) is 5.11 Å². The number of carbonyl (C=O) groups is 2. The van der Waals surface area contributed by atoms with Gasteiger partial charge in [-0.25, -0.2) is 9.59 Å². The number of urea groups is 1. The number of para-hydroxylation sites is 1. The molecular formula is C15H22N2O3. The first-order valence-electron chi connectivity index (χ1n) is 6.87. The maximum Gasteiger partial charge on any atom is 0.326 e. The van der Waals surface area contributed by atoms with E-state index < -0.39 is 18.0 Å². The Morgan fingerprint density at radius 1 is 1.25 bits per heavy atom. The molecule has 0 aliphatic rings. The van der Waals surface area contributed by atoms with Crippen LogP contribution in [0.5, 0.6) is 0 Å². The summed E-state index contributed by atoms with van der Waals surface area (Å²) in [6.07, 6.45) is 1.48. The fourth-order valence-corrected chi connectivity index (χ4v) is 1.93. The molecule has 1 aromatic carbocycles. The quantitative estimate of drug-likeness (QED) is 0.748. The van der Waals surface area contributed by atoms with Gasteiger partial charge in [-0.3, -0.25) is 0 Å². The van der Waals surface area contributed by atoms with Gasteiger partial charge in [0, 0.05) is 5.69 Å². The van der Waals surface area contributed by atoms with Gasteiger partial charge in [0.1, 0.15) is 6.04 Å². The molecule has 0 spiro atoms. The monoisotopic (exact) mass is 278 g/mol. The Hall–Kier alpha value is -2.04. The standard InChI is InChI=1S/C15H22N2O3/c1-4-10(3)13(14(18)19)17-15(20)16-12-9-7-6-8-11(12)5-2/h6-10,13H,4-5H2,1-3H3,(H,18,19)(H2,16,17,20)/t10-,13-/m0/s1. The summed E-state index contributed by atoms with van der Waals surface area (Å²) >= 11 is 0. The lowest BCUT2D eigenvalue weighted by atomic mass is 9.99. The Morgan fingerprint density at radius 2 is 1.90 bits per heavy atom. The Kier molecular flexibility index (Phi) is 6.03. The molecule has 0 aromatic heterocycles. The van der Waals surface area contributed by atoms with Crippen molar-refractivity contribution in [1.29, 1.82) is 0 Å². The molecule has 2 amide bonds. The van der Waals surface area contributed by atoms with Crippen LogP contribution in [0.3, 0.4) is 0 Å². The highest BCUT2D eigenvalue weighted by Gasteiger charge is 2.25. The van der Waals surface area contributed by atoms with Crippen LogP contribution >= 0.6 is 0 Å². The highest BCUT2D eigenvalue weighted by atomic mass is 16.4. The van der Waals surface area contributed by atoms with Crippen LogP contribution in [0.2, 0.25) is 0 Å². The van der Waals surface area contributed by atoms with Crippen LogP contribution in [0.25, 0.3) is 0 Å². The van der Waals surface area contributed by atoms with E-state index in [1.54, 1.807) is 13.0 Å². The molecule has 0 fully saturated rings. The van der Waals surface area contributed by atoms with Crippen molar-refractivity contribution in [2.24, 2.45) is 5.92 Å². The Bertz CT molecular complexity index is 474. The summed E-state index contributed by atoms with van der Waals surface area (Å²) in [4.78, 5) is 23.1. The number of benzene rings is 1. The van der Waals surface area contributed by atoms with Crippen molar-refractivity contribution in [3.63, 3.8) is 0 Å². The topological polar surface area (TPSA) is 78.4 Å². The maximum absolute atomic E-state index is 11.9. The highest BCUT2D eigenvalue weighted by Crippen LogP contribution is 2.15. The first-order valence-corrected chi connectivity index (χ1v) is 6.87. The Labute approximate surface area is 119 Å². The molecule has 0 heterocycles. The van der Waals surface area contributed by atoms with Crippen molar-refractivity contribution in [3.05, 3.63) is 29.8 Å². The number of rotatable bonds is 6. The zero-order chi connectivity index (χ0) is 15.1. The number of carboxylic acid groups (broad SMARTS) is 1. The van der Waals surface area contributed by atoms with Crippen LogP contribution in [-0.4, -0.2) is 23.1 Å². The molecule has 0 saturated carbocycles. The van der Waals surface area contributed by atoms with E-state index in [0.29, 0.717) is 12.1 Å². The Morgan fingerprint density at radius 3 is 2.45 bits per heavy atom. The van der Waals surface area contributed by atoms with Gasteiger partial charge in [-0.2, -0.15) is 0 Å². The van der Waals surface area contributed by atoms with Crippen LogP contribution in [0, 0.1) is 5.92 Å². The third kappa shape index (κ3) is 4.26. The average Bonchev–Trinajstić information content (AvgIpc) is 2.44. The van der Waals surface area contributed by atoms with Crippen molar-refractivity contribution in [3.8, 4) is 0 Å². The maximum atomic E-state index is 11.9. The van der Waals surface area contributed by atoms with Crippen molar-refractivity contribution >= 4 is 17.7 Å². The molecular weight excluding hydrogens is 256 g/mol. The normalized spacial score (nSPS) is 13.3. The fourth-order valence-electron chi connectivity index (χ4n) is 1.93. The molecule has 20 heavy (non-hydrogen) atoms. The molecule has 0 unspecified atom stereocenters. The van der Waals surface area contributed by atoms with Gasteiger partial charge in [-0.1, -0.05) is 45.4 Å². The molecule has 0 bridgehead atoms. The van der Waals surface area contributed by atoms with Crippen molar-refractivity contribution < 1.29 is 14.7 Å². The van der Waals surface area contributed by atoms with Crippen molar-refractivity contribution in [2.45, 2.75) is 39.7 Å². The molecule has 0 radical (unpaired) electrons. The lowest BCUT2D eigenvalue weighted by molar-refractivity contribution is -0.140. The lowest BCUT2D eigenvalue weighted by Crippen LogP contribution is -2.46. The summed E-state index contributed by atoms with van der Waals surface area (Å²) < 4.78 is 0. The summed E-state index contributed by atoms with van der Waals surface area (Å²) in [6, 6.07) is 6.10.